The van der Waals surface area contributed by atoms with Gasteiger partial charge in [-0.1, -0.05) is 18.5 Å². The van der Waals surface area contributed by atoms with Crippen molar-refractivity contribution in [2.45, 2.75) is 57.0 Å². The second-order valence-electron chi connectivity index (χ2n) is 6.69. The molecule has 142 valence electrons. The molecule has 1 aromatic carbocycles. The number of carbonyl (C=O) groups is 1. The molecule has 2 N–H and O–H groups in total. The molecule has 0 radical (unpaired) electrons. The third kappa shape index (κ3) is 6.13. The Hall–Kier alpha value is -1.38. The third-order valence-corrected chi connectivity index (χ3v) is 5.74. The summed E-state index contributed by atoms with van der Waals surface area (Å²) in [5.74, 6) is -0.627. The van der Waals surface area contributed by atoms with Gasteiger partial charge in [0.05, 0.1) is 5.02 Å². The van der Waals surface area contributed by atoms with Crippen molar-refractivity contribution in [1.29, 1.82) is 0 Å². The van der Waals surface area contributed by atoms with Crippen molar-refractivity contribution in [2.75, 3.05) is 6.54 Å². The molecule has 0 saturated heterocycles. The van der Waals surface area contributed by atoms with Gasteiger partial charge in [-0.25, -0.2) is 22.3 Å². The normalized spacial score (nSPS) is 13.5. The van der Waals surface area contributed by atoms with E-state index in [0.29, 0.717) is 12.8 Å². The first-order valence-electron chi connectivity index (χ1n) is 7.86. The minimum Gasteiger partial charge on any atom is -0.465 e. The van der Waals surface area contributed by atoms with Gasteiger partial charge in [-0.2, -0.15) is 0 Å². The molecule has 6 nitrogen and oxygen atoms in total. The van der Waals surface area contributed by atoms with Gasteiger partial charge in [0.1, 0.15) is 10.7 Å². The predicted molar refractivity (Wildman–Crippen MR) is 94.9 cm³/mol. The number of sulfonamides is 1. The summed E-state index contributed by atoms with van der Waals surface area (Å²) in [6.45, 7) is 7.28. The summed E-state index contributed by atoms with van der Waals surface area (Å²) in [6, 6.07) is 2.58. The first-order chi connectivity index (χ1) is 11.4. The van der Waals surface area contributed by atoms with Crippen LogP contribution in [-0.2, 0) is 10.0 Å². The second kappa shape index (κ2) is 8.33. The van der Waals surface area contributed by atoms with Crippen LogP contribution in [0.1, 0.15) is 40.5 Å². The number of nitrogens with one attached hydrogen (secondary N) is 1. The lowest BCUT2D eigenvalue weighted by atomic mass is 10.1. The van der Waals surface area contributed by atoms with Gasteiger partial charge in [-0.15, -0.1) is 0 Å². The van der Waals surface area contributed by atoms with Crippen molar-refractivity contribution in [3.05, 3.63) is 29.0 Å². The maximum Gasteiger partial charge on any atom is 0.407 e. The number of rotatable bonds is 7. The number of carboxylic acid groups (broad SMARTS) is 1. The van der Waals surface area contributed by atoms with E-state index in [9.17, 15) is 22.7 Å². The molecule has 1 rings (SSSR count). The van der Waals surface area contributed by atoms with Crippen LogP contribution in [0.25, 0.3) is 0 Å². The van der Waals surface area contributed by atoms with E-state index in [2.05, 4.69) is 4.72 Å². The van der Waals surface area contributed by atoms with Gasteiger partial charge in [0.2, 0.25) is 10.0 Å². The number of amides is 1. The van der Waals surface area contributed by atoms with Gasteiger partial charge in [0.15, 0.2) is 0 Å². The van der Waals surface area contributed by atoms with Crippen LogP contribution in [0, 0.1) is 5.82 Å². The fourth-order valence-electron chi connectivity index (χ4n) is 2.33. The molecule has 1 atom stereocenters. The average molecular weight is 395 g/mol. The van der Waals surface area contributed by atoms with E-state index in [4.69, 9.17) is 11.6 Å². The highest BCUT2D eigenvalue weighted by Crippen LogP contribution is 2.23. The monoisotopic (exact) mass is 394 g/mol. The van der Waals surface area contributed by atoms with E-state index in [0.717, 1.165) is 18.2 Å². The van der Waals surface area contributed by atoms with Crippen LogP contribution in [0.5, 0.6) is 0 Å². The van der Waals surface area contributed by atoms with Crippen molar-refractivity contribution in [1.82, 2.24) is 9.62 Å². The van der Waals surface area contributed by atoms with E-state index >= 15 is 0 Å². The largest absolute Gasteiger partial charge is 0.465 e. The van der Waals surface area contributed by atoms with E-state index in [-0.39, 0.29) is 16.5 Å². The molecule has 0 aliphatic carbocycles. The molecule has 0 fully saturated rings. The maximum absolute atomic E-state index is 13.1. The van der Waals surface area contributed by atoms with Gasteiger partial charge in [0, 0.05) is 18.1 Å². The number of hydrogen-bond acceptors (Lipinski definition) is 3. The van der Waals surface area contributed by atoms with Crippen LogP contribution in [0.4, 0.5) is 9.18 Å². The highest BCUT2D eigenvalue weighted by molar-refractivity contribution is 7.89. The SMILES string of the molecule is CCC(CCN(C(=O)O)C(C)(C)C)NS(=O)(=O)c1ccc(F)cc1Cl. The van der Waals surface area contributed by atoms with Crippen LogP contribution in [0.2, 0.25) is 5.02 Å². The molecule has 25 heavy (non-hydrogen) atoms. The molecule has 9 heteroatoms. The van der Waals surface area contributed by atoms with E-state index in [1.165, 1.54) is 4.90 Å². The molecule has 0 aliphatic heterocycles. The Morgan fingerprint density at radius 1 is 1.40 bits per heavy atom. The molecular formula is C16H24ClFN2O4S. The molecule has 0 saturated carbocycles. The standard InChI is InChI=1S/C16H24ClFN2O4S/c1-5-12(8-9-20(15(21)22)16(2,3)4)19-25(23,24)14-7-6-11(18)10-13(14)17/h6-7,10,12,19H,5,8-9H2,1-4H3,(H,21,22). The highest BCUT2D eigenvalue weighted by Gasteiger charge is 2.28. The maximum atomic E-state index is 13.1. The van der Waals surface area contributed by atoms with Crippen LogP contribution in [0.3, 0.4) is 0 Å². The zero-order valence-corrected chi connectivity index (χ0v) is 16.3. The first kappa shape index (κ1) is 21.7. The molecule has 0 bridgehead atoms. The third-order valence-electron chi connectivity index (χ3n) is 3.74. The minimum absolute atomic E-state index is 0.178. The fourth-order valence-corrected chi connectivity index (χ4v) is 4.21. The van der Waals surface area contributed by atoms with E-state index < -0.39 is 33.5 Å². The van der Waals surface area contributed by atoms with Gasteiger partial charge < -0.3 is 10.0 Å². The van der Waals surface area contributed by atoms with Crippen LogP contribution in [0.15, 0.2) is 23.1 Å². The first-order valence-corrected chi connectivity index (χ1v) is 9.72. The molecule has 0 aliphatic rings. The Kier molecular flexibility index (Phi) is 7.22. The topological polar surface area (TPSA) is 86.7 Å². The van der Waals surface area contributed by atoms with Gasteiger partial charge >= 0.3 is 6.09 Å². The minimum atomic E-state index is -3.94. The van der Waals surface area contributed by atoms with Crippen molar-refractivity contribution in [2.24, 2.45) is 0 Å². The zero-order chi connectivity index (χ0) is 19.4. The lowest BCUT2D eigenvalue weighted by Crippen LogP contribution is -2.47. The molecule has 0 aromatic heterocycles. The molecule has 1 aromatic rings. The van der Waals surface area contributed by atoms with Crippen molar-refractivity contribution < 1.29 is 22.7 Å². The number of nitrogens with zero attached hydrogens (tertiary/aromatic N) is 1. The quantitative estimate of drug-likeness (QED) is 0.738. The molecule has 1 amide bonds. The summed E-state index contributed by atoms with van der Waals surface area (Å²) in [7, 11) is -3.94. The Morgan fingerprint density at radius 3 is 2.44 bits per heavy atom. The molecule has 1 unspecified atom stereocenters. The summed E-state index contributed by atoms with van der Waals surface area (Å²) in [6.07, 6.45) is -0.292. The Balaban J connectivity index is 2.89. The molecule has 0 spiro atoms. The number of hydrogen-bond donors (Lipinski definition) is 2. The van der Waals surface area contributed by atoms with Crippen molar-refractivity contribution >= 4 is 27.7 Å². The van der Waals surface area contributed by atoms with E-state index in [1.54, 1.807) is 27.7 Å². The van der Waals surface area contributed by atoms with Gasteiger partial charge in [-0.3, -0.25) is 0 Å². The van der Waals surface area contributed by atoms with Gasteiger partial charge in [0.25, 0.3) is 0 Å². The van der Waals surface area contributed by atoms with Crippen LogP contribution in [-0.4, -0.2) is 42.6 Å². The smallest absolute Gasteiger partial charge is 0.407 e. The lowest BCUT2D eigenvalue weighted by molar-refractivity contribution is 0.0978. The summed E-state index contributed by atoms with van der Waals surface area (Å²) in [5, 5.41) is 9.10. The van der Waals surface area contributed by atoms with Gasteiger partial charge in [-0.05, 0) is 51.8 Å². The lowest BCUT2D eigenvalue weighted by Gasteiger charge is -2.34. The summed E-state index contributed by atoms with van der Waals surface area (Å²) >= 11 is 5.82. The Labute approximate surface area is 153 Å². The van der Waals surface area contributed by atoms with Crippen molar-refractivity contribution in [3.63, 3.8) is 0 Å². The fraction of sp³-hybridized carbons (Fsp3) is 0.562. The predicted octanol–water partition coefficient (Wildman–Crippen LogP) is 3.70. The summed E-state index contributed by atoms with van der Waals surface area (Å²) < 4.78 is 40.5. The number of benzene rings is 1. The highest BCUT2D eigenvalue weighted by atomic mass is 35.5. The number of halogens is 2. The molecule has 0 heterocycles. The second-order valence-corrected chi connectivity index (χ2v) is 8.78. The Morgan fingerprint density at radius 2 is 2.00 bits per heavy atom. The van der Waals surface area contributed by atoms with Crippen molar-refractivity contribution in [3.8, 4) is 0 Å². The van der Waals surface area contributed by atoms with Crippen LogP contribution < -0.4 is 4.72 Å². The summed E-state index contributed by atoms with van der Waals surface area (Å²) in [5.41, 5.74) is -0.594. The zero-order valence-electron chi connectivity index (χ0n) is 14.7. The Bertz CT molecular complexity index is 719. The molecular weight excluding hydrogens is 371 g/mol. The summed E-state index contributed by atoms with van der Waals surface area (Å²) in [4.78, 5) is 12.4. The van der Waals surface area contributed by atoms with Crippen LogP contribution >= 0.6 is 11.6 Å². The average Bonchev–Trinajstić information content (AvgIpc) is 2.43. The van der Waals surface area contributed by atoms with E-state index in [1.807, 2.05) is 0 Å².